The molecule has 0 unspecified atom stereocenters. The van der Waals surface area contributed by atoms with Crippen LogP contribution < -0.4 is 0 Å². The van der Waals surface area contributed by atoms with Crippen LogP contribution in [0.25, 0.3) is 0 Å². The van der Waals surface area contributed by atoms with Gasteiger partial charge in [0.25, 0.3) is 0 Å². The zero-order valence-electron chi connectivity index (χ0n) is 13.9. The molecule has 4 nitrogen and oxygen atoms in total. The molecule has 0 saturated carbocycles. The van der Waals surface area contributed by atoms with Crippen LogP contribution >= 0.6 is 11.6 Å². The van der Waals surface area contributed by atoms with Crippen LogP contribution in [0.3, 0.4) is 0 Å². The summed E-state index contributed by atoms with van der Waals surface area (Å²) in [4.78, 5) is 26.4. The monoisotopic (exact) mass is 337 g/mol. The molecular weight excluding hydrogens is 314 g/mol. The van der Waals surface area contributed by atoms with E-state index in [2.05, 4.69) is 13.8 Å². The topological polar surface area (TPSA) is 46.6 Å². The lowest BCUT2D eigenvalue weighted by atomic mass is 9.86. The lowest BCUT2D eigenvalue weighted by molar-refractivity contribution is -0.149. The maximum absolute atomic E-state index is 12.9. The predicted octanol–water partition coefficient (Wildman–Crippen LogP) is 3.49. The Morgan fingerprint density at radius 2 is 1.74 bits per heavy atom. The van der Waals surface area contributed by atoms with E-state index >= 15 is 0 Å². The van der Waals surface area contributed by atoms with Crippen LogP contribution in [0.5, 0.6) is 0 Å². The first-order valence-corrected chi connectivity index (χ1v) is 8.44. The molecule has 2 rings (SSSR count). The van der Waals surface area contributed by atoms with Gasteiger partial charge in [0.15, 0.2) is 0 Å². The molecule has 0 bridgehead atoms. The van der Waals surface area contributed by atoms with E-state index in [1.54, 1.807) is 0 Å². The van der Waals surface area contributed by atoms with E-state index in [4.69, 9.17) is 16.3 Å². The number of hydrogen-bond donors (Lipinski definition) is 0. The molecule has 1 heterocycles. The van der Waals surface area contributed by atoms with Crippen molar-refractivity contribution in [3.8, 4) is 0 Å². The standard InChI is InChI=1S/C18H24ClNO3/c1-12(2)16(13-4-6-15(19)7-5-13)17(21)20-10-8-14(9-11-20)18(22)23-3/h4-7,12,14,16H,8-11H2,1-3H3/t16-/m0/s1. The maximum atomic E-state index is 12.9. The molecule has 1 aliphatic rings. The number of carbonyl (C=O) groups is 2. The van der Waals surface area contributed by atoms with Crippen molar-refractivity contribution < 1.29 is 14.3 Å². The van der Waals surface area contributed by atoms with Crippen LogP contribution in [0.2, 0.25) is 5.02 Å². The summed E-state index contributed by atoms with van der Waals surface area (Å²) in [6.07, 6.45) is 1.34. The highest BCUT2D eigenvalue weighted by molar-refractivity contribution is 6.30. The minimum atomic E-state index is -0.179. The Kier molecular flexibility index (Phi) is 6.05. The highest BCUT2D eigenvalue weighted by Crippen LogP contribution is 2.30. The number of likely N-dealkylation sites (tertiary alicyclic amines) is 1. The van der Waals surface area contributed by atoms with Gasteiger partial charge in [-0.1, -0.05) is 37.6 Å². The molecule has 1 aliphatic heterocycles. The summed E-state index contributed by atoms with van der Waals surface area (Å²) < 4.78 is 4.80. The fourth-order valence-corrected chi connectivity index (χ4v) is 3.31. The number of ether oxygens (including phenoxy) is 1. The average molecular weight is 338 g/mol. The Labute approximate surface area is 142 Å². The van der Waals surface area contributed by atoms with Gasteiger partial charge in [-0.25, -0.2) is 0 Å². The highest BCUT2D eigenvalue weighted by atomic mass is 35.5. The lowest BCUT2D eigenvalue weighted by Crippen LogP contribution is -2.43. The number of methoxy groups -OCH3 is 1. The van der Waals surface area contributed by atoms with Crippen LogP contribution in [-0.2, 0) is 14.3 Å². The van der Waals surface area contributed by atoms with Crippen molar-refractivity contribution in [2.75, 3.05) is 20.2 Å². The number of amides is 1. The molecule has 0 radical (unpaired) electrons. The lowest BCUT2D eigenvalue weighted by Gasteiger charge is -2.34. The van der Waals surface area contributed by atoms with E-state index in [1.807, 2.05) is 29.2 Å². The van der Waals surface area contributed by atoms with Gasteiger partial charge in [0.2, 0.25) is 5.91 Å². The third-order valence-corrected chi connectivity index (χ3v) is 4.75. The summed E-state index contributed by atoms with van der Waals surface area (Å²) in [6.45, 7) is 5.32. The molecule has 0 N–H and O–H groups in total. The largest absolute Gasteiger partial charge is 0.469 e. The van der Waals surface area contributed by atoms with Crippen molar-refractivity contribution in [1.29, 1.82) is 0 Å². The summed E-state index contributed by atoms with van der Waals surface area (Å²) in [5.41, 5.74) is 0.990. The van der Waals surface area contributed by atoms with Crippen LogP contribution in [0.4, 0.5) is 0 Å². The number of rotatable bonds is 4. The van der Waals surface area contributed by atoms with Crippen molar-refractivity contribution in [1.82, 2.24) is 4.90 Å². The van der Waals surface area contributed by atoms with Crippen LogP contribution in [0, 0.1) is 11.8 Å². The van der Waals surface area contributed by atoms with E-state index in [1.165, 1.54) is 7.11 Å². The van der Waals surface area contributed by atoms with Gasteiger partial charge in [-0.2, -0.15) is 0 Å². The Bertz CT molecular complexity index is 548. The normalized spacial score (nSPS) is 17.2. The zero-order valence-corrected chi connectivity index (χ0v) is 14.7. The predicted molar refractivity (Wildman–Crippen MR) is 90.4 cm³/mol. The summed E-state index contributed by atoms with van der Waals surface area (Å²) in [5.74, 6) is -0.109. The zero-order chi connectivity index (χ0) is 17.0. The Hall–Kier alpha value is -1.55. The SMILES string of the molecule is COC(=O)C1CCN(C(=O)[C@H](c2ccc(Cl)cc2)C(C)C)CC1. The average Bonchev–Trinajstić information content (AvgIpc) is 2.56. The van der Waals surface area contributed by atoms with Crippen LogP contribution in [-0.4, -0.2) is 37.0 Å². The molecule has 0 spiro atoms. The van der Waals surface area contributed by atoms with Gasteiger partial charge in [-0.05, 0) is 36.5 Å². The summed E-state index contributed by atoms with van der Waals surface area (Å²) in [7, 11) is 1.41. The van der Waals surface area contributed by atoms with Crippen molar-refractivity contribution >= 4 is 23.5 Å². The first-order chi connectivity index (χ1) is 10.9. The van der Waals surface area contributed by atoms with Gasteiger partial charge in [-0.3, -0.25) is 9.59 Å². The molecule has 0 aliphatic carbocycles. The third-order valence-electron chi connectivity index (χ3n) is 4.50. The molecule has 23 heavy (non-hydrogen) atoms. The Balaban J connectivity index is 2.08. The van der Waals surface area contributed by atoms with Crippen molar-refractivity contribution in [2.45, 2.75) is 32.6 Å². The second-order valence-corrected chi connectivity index (χ2v) is 6.83. The van der Waals surface area contributed by atoms with E-state index in [0.29, 0.717) is 31.0 Å². The maximum Gasteiger partial charge on any atom is 0.308 e. The first kappa shape index (κ1) is 17.8. The second kappa shape index (κ2) is 7.82. The smallest absolute Gasteiger partial charge is 0.308 e. The first-order valence-electron chi connectivity index (χ1n) is 8.06. The van der Waals surface area contributed by atoms with Gasteiger partial charge >= 0.3 is 5.97 Å². The molecule has 1 saturated heterocycles. The molecule has 1 amide bonds. The van der Waals surface area contributed by atoms with Crippen molar-refractivity contribution in [3.05, 3.63) is 34.9 Å². The number of esters is 1. The second-order valence-electron chi connectivity index (χ2n) is 6.40. The van der Waals surface area contributed by atoms with Gasteiger partial charge in [0, 0.05) is 18.1 Å². The molecule has 5 heteroatoms. The Morgan fingerprint density at radius 3 is 2.22 bits per heavy atom. The van der Waals surface area contributed by atoms with Crippen LogP contribution in [0.15, 0.2) is 24.3 Å². The number of nitrogens with zero attached hydrogens (tertiary/aromatic N) is 1. The van der Waals surface area contributed by atoms with Crippen molar-refractivity contribution in [2.24, 2.45) is 11.8 Å². The van der Waals surface area contributed by atoms with Gasteiger partial charge in [-0.15, -0.1) is 0 Å². The van der Waals surface area contributed by atoms with E-state index in [9.17, 15) is 9.59 Å². The van der Waals surface area contributed by atoms with Gasteiger partial charge < -0.3 is 9.64 Å². The molecule has 1 aromatic carbocycles. The van der Waals surface area contributed by atoms with Gasteiger partial charge in [0.1, 0.15) is 0 Å². The highest BCUT2D eigenvalue weighted by Gasteiger charge is 2.33. The molecule has 1 atom stereocenters. The summed E-state index contributed by atoms with van der Waals surface area (Å²) >= 11 is 5.94. The fourth-order valence-electron chi connectivity index (χ4n) is 3.18. The van der Waals surface area contributed by atoms with E-state index in [-0.39, 0.29) is 29.6 Å². The molecule has 1 fully saturated rings. The Morgan fingerprint density at radius 1 is 1.17 bits per heavy atom. The minimum absolute atomic E-state index is 0.0860. The fraction of sp³-hybridized carbons (Fsp3) is 0.556. The molecule has 0 aromatic heterocycles. The van der Waals surface area contributed by atoms with Gasteiger partial charge in [0.05, 0.1) is 18.9 Å². The molecular formula is C18H24ClNO3. The van der Waals surface area contributed by atoms with E-state index < -0.39 is 0 Å². The summed E-state index contributed by atoms with van der Waals surface area (Å²) in [6, 6.07) is 7.49. The quantitative estimate of drug-likeness (QED) is 0.790. The number of halogens is 1. The number of hydrogen-bond acceptors (Lipinski definition) is 3. The van der Waals surface area contributed by atoms with Crippen LogP contribution in [0.1, 0.15) is 38.2 Å². The third kappa shape index (κ3) is 4.25. The number of carbonyl (C=O) groups excluding carboxylic acids is 2. The van der Waals surface area contributed by atoms with Crippen molar-refractivity contribution in [3.63, 3.8) is 0 Å². The molecule has 1 aromatic rings. The minimum Gasteiger partial charge on any atom is -0.469 e. The molecule has 126 valence electrons. The number of benzene rings is 1. The van der Waals surface area contributed by atoms with E-state index in [0.717, 1.165) is 5.56 Å². The number of piperidine rings is 1. The summed E-state index contributed by atoms with van der Waals surface area (Å²) in [5, 5.41) is 0.669.